The molecule has 1 aromatic heterocycles. The molecule has 1 aliphatic heterocycles. The summed E-state index contributed by atoms with van der Waals surface area (Å²) in [4.78, 5) is 7.88. The van der Waals surface area contributed by atoms with Crippen LogP contribution >= 0.6 is 11.3 Å². The normalized spacial score (nSPS) is 14.3. The Kier molecular flexibility index (Phi) is 2.18. The molecule has 1 aliphatic rings. The quantitative estimate of drug-likeness (QED) is 0.767. The second-order valence-electron chi connectivity index (χ2n) is 3.77. The third kappa shape index (κ3) is 1.63. The summed E-state index contributed by atoms with van der Waals surface area (Å²) in [6, 6.07) is 8.67. The van der Waals surface area contributed by atoms with Crippen molar-refractivity contribution in [2.75, 3.05) is 11.4 Å². The van der Waals surface area contributed by atoms with Crippen LogP contribution in [0.5, 0.6) is 0 Å². The molecule has 0 saturated carbocycles. The first-order chi connectivity index (χ1) is 7.43. The van der Waals surface area contributed by atoms with Crippen molar-refractivity contribution in [3.8, 4) is 0 Å². The zero-order chi connectivity index (χ0) is 10.1. The van der Waals surface area contributed by atoms with E-state index in [0.717, 1.165) is 13.1 Å². The molecule has 0 N–H and O–H groups in total. The minimum atomic E-state index is 1.00. The van der Waals surface area contributed by atoms with Crippen LogP contribution in [0.25, 0.3) is 0 Å². The van der Waals surface area contributed by atoms with E-state index in [4.69, 9.17) is 0 Å². The second kappa shape index (κ2) is 3.66. The van der Waals surface area contributed by atoms with Crippen molar-refractivity contribution in [2.45, 2.75) is 13.0 Å². The Morgan fingerprint density at radius 2 is 2.27 bits per heavy atom. The fraction of sp³-hybridized carbons (Fsp3) is 0.250. The molecule has 3 rings (SSSR count). The lowest BCUT2D eigenvalue weighted by atomic mass is 10.2. The first kappa shape index (κ1) is 8.92. The molecule has 3 heteroatoms. The van der Waals surface area contributed by atoms with Gasteiger partial charge in [-0.05, 0) is 18.1 Å². The molecule has 0 spiro atoms. The van der Waals surface area contributed by atoms with Crippen LogP contribution in [0.15, 0.2) is 36.0 Å². The summed E-state index contributed by atoms with van der Waals surface area (Å²) in [7, 11) is 0. The lowest BCUT2D eigenvalue weighted by molar-refractivity contribution is 0.844. The number of thiazole rings is 1. The van der Waals surface area contributed by atoms with E-state index in [2.05, 4.69) is 34.1 Å². The van der Waals surface area contributed by atoms with Crippen molar-refractivity contribution in [1.82, 2.24) is 4.98 Å². The molecule has 2 nitrogen and oxygen atoms in total. The molecule has 0 atom stereocenters. The van der Waals surface area contributed by atoms with Gasteiger partial charge < -0.3 is 4.90 Å². The summed E-state index contributed by atoms with van der Waals surface area (Å²) in [6.07, 6.45) is 3.14. The third-order valence-electron chi connectivity index (χ3n) is 2.81. The largest absolute Gasteiger partial charge is 0.366 e. The van der Waals surface area contributed by atoms with Gasteiger partial charge in [0.2, 0.25) is 0 Å². The highest BCUT2D eigenvalue weighted by atomic mass is 32.1. The Hall–Kier alpha value is -1.35. The molecule has 0 fully saturated rings. The summed E-state index contributed by atoms with van der Waals surface area (Å²) in [5.41, 5.74) is 4.77. The highest BCUT2D eigenvalue weighted by Gasteiger charge is 2.18. The van der Waals surface area contributed by atoms with Crippen molar-refractivity contribution in [1.29, 1.82) is 0 Å². The van der Waals surface area contributed by atoms with Gasteiger partial charge in [0.1, 0.15) is 0 Å². The van der Waals surface area contributed by atoms with Gasteiger partial charge in [0.05, 0.1) is 12.1 Å². The molecule has 0 amide bonds. The number of fused-ring (bicyclic) bond motifs is 1. The molecule has 15 heavy (non-hydrogen) atoms. The van der Waals surface area contributed by atoms with Crippen LogP contribution in [-0.4, -0.2) is 11.5 Å². The van der Waals surface area contributed by atoms with Crippen molar-refractivity contribution in [3.05, 3.63) is 46.4 Å². The molecule has 76 valence electrons. The molecule has 0 aliphatic carbocycles. The Morgan fingerprint density at radius 1 is 1.33 bits per heavy atom. The summed E-state index contributed by atoms with van der Waals surface area (Å²) in [5, 5.41) is 0. The zero-order valence-electron chi connectivity index (χ0n) is 8.39. The van der Waals surface area contributed by atoms with Crippen LogP contribution in [0.1, 0.15) is 10.4 Å². The number of hydrogen-bond donors (Lipinski definition) is 0. The first-order valence-corrected chi connectivity index (χ1v) is 6.02. The maximum atomic E-state index is 4.11. The van der Waals surface area contributed by atoms with E-state index in [9.17, 15) is 0 Å². The maximum absolute atomic E-state index is 4.11. The van der Waals surface area contributed by atoms with E-state index in [1.807, 2.05) is 11.7 Å². The predicted molar refractivity (Wildman–Crippen MR) is 63.3 cm³/mol. The minimum absolute atomic E-state index is 1.00. The van der Waals surface area contributed by atoms with Crippen molar-refractivity contribution < 1.29 is 0 Å². The van der Waals surface area contributed by atoms with E-state index in [0.29, 0.717) is 0 Å². The third-order valence-corrected chi connectivity index (χ3v) is 3.58. The Bertz CT molecular complexity index is 450. The average Bonchev–Trinajstić information content (AvgIpc) is 2.89. The number of nitrogens with zero attached hydrogens (tertiary/aromatic N) is 2. The fourth-order valence-corrected chi connectivity index (χ4v) is 2.69. The molecular weight excluding hydrogens is 204 g/mol. The minimum Gasteiger partial charge on any atom is -0.366 e. The lowest BCUT2D eigenvalue weighted by Crippen LogP contribution is -2.18. The van der Waals surface area contributed by atoms with Gasteiger partial charge in [-0.15, -0.1) is 11.3 Å². The topological polar surface area (TPSA) is 16.1 Å². The average molecular weight is 216 g/mol. The predicted octanol–water partition coefficient (Wildman–Crippen LogP) is 2.71. The Balaban J connectivity index is 1.85. The summed E-state index contributed by atoms with van der Waals surface area (Å²) in [6.45, 7) is 2.14. The van der Waals surface area contributed by atoms with E-state index in [1.165, 1.54) is 22.5 Å². The molecule has 2 heterocycles. The molecular formula is C12H12N2S. The number of anilines is 1. The molecule has 2 aromatic rings. The highest BCUT2D eigenvalue weighted by molar-refractivity contribution is 7.09. The standard InChI is InChI=1S/C12H12N2S/c1-2-4-12-10(3-1)5-6-14(12)8-11-7-13-9-15-11/h1-4,7,9H,5-6,8H2. The van der Waals surface area contributed by atoms with Gasteiger partial charge in [-0.1, -0.05) is 18.2 Å². The van der Waals surface area contributed by atoms with Crippen molar-refractivity contribution in [2.24, 2.45) is 0 Å². The van der Waals surface area contributed by atoms with E-state index in [-0.39, 0.29) is 0 Å². The van der Waals surface area contributed by atoms with Crippen molar-refractivity contribution in [3.63, 3.8) is 0 Å². The monoisotopic (exact) mass is 216 g/mol. The van der Waals surface area contributed by atoms with E-state index in [1.54, 1.807) is 11.3 Å². The summed E-state index contributed by atoms with van der Waals surface area (Å²) in [5.74, 6) is 0. The van der Waals surface area contributed by atoms with Crippen LogP contribution in [0.3, 0.4) is 0 Å². The lowest BCUT2D eigenvalue weighted by Gasteiger charge is -2.17. The van der Waals surface area contributed by atoms with E-state index >= 15 is 0 Å². The molecule has 1 aromatic carbocycles. The zero-order valence-corrected chi connectivity index (χ0v) is 9.20. The molecule has 0 saturated heterocycles. The van der Waals surface area contributed by atoms with Crippen molar-refractivity contribution >= 4 is 17.0 Å². The number of para-hydroxylation sites is 1. The highest BCUT2D eigenvalue weighted by Crippen LogP contribution is 2.29. The SMILES string of the molecule is c1ccc2c(c1)CCN2Cc1cncs1. The Labute approximate surface area is 93.2 Å². The summed E-state index contributed by atoms with van der Waals surface area (Å²) >= 11 is 1.73. The van der Waals surface area contributed by atoms with Crippen LogP contribution in [-0.2, 0) is 13.0 Å². The van der Waals surface area contributed by atoms with Gasteiger partial charge in [0, 0.05) is 23.3 Å². The van der Waals surface area contributed by atoms with Crippen LogP contribution in [0.2, 0.25) is 0 Å². The summed E-state index contributed by atoms with van der Waals surface area (Å²) < 4.78 is 0. The molecule has 0 unspecified atom stereocenters. The van der Waals surface area contributed by atoms with Crippen LogP contribution in [0.4, 0.5) is 5.69 Å². The smallest absolute Gasteiger partial charge is 0.0794 e. The van der Waals surface area contributed by atoms with Gasteiger partial charge in [-0.2, -0.15) is 0 Å². The van der Waals surface area contributed by atoms with Gasteiger partial charge in [0.15, 0.2) is 0 Å². The molecule has 0 bridgehead atoms. The van der Waals surface area contributed by atoms with Crippen LogP contribution < -0.4 is 4.90 Å². The first-order valence-electron chi connectivity index (χ1n) is 5.14. The number of aromatic nitrogens is 1. The number of benzene rings is 1. The van der Waals surface area contributed by atoms with Crippen LogP contribution in [0, 0.1) is 0 Å². The van der Waals surface area contributed by atoms with E-state index < -0.39 is 0 Å². The number of hydrogen-bond acceptors (Lipinski definition) is 3. The fourth-order valence-electron chi connectivity index (χ4n) is 2.08. The Morgan fingerprint density at radius 3 is 3.13 bits per heavy atom. The van der Waals surface area contributed by atoms with Gasteiger partial charge in [-0.25, -0.2) is 0 Å². The second-order valence-corrected chi connectivity index (χ2v) is 4.74. The molecule has 0 radical (unpaired) electrons. The van der Waals surface area contributed by atoms with Gasteiger partial charge in [0.25, 0.3) is 0 Å². The van der Waals surface area contributed by atoms with Gasteiger partial charge in [-0.3, -0.25) is 4.98 Å². The maximum Gasteiger partial charge on any atom is 0.0794 e. The number of rotatable bonds is 2. The van der Waals surface area contributed by atoms with Gasteiger partial charge >= 0.3 is 0 Å².